The highest BCUT2D eigenvalue weighted by Crippen LogP contribution is 2.34. The Morgan fingerprint density at radius 2 is 2.33 bits per heavy atom. The number of thioether (sulfide) groups is 1. The first-order valence-corrected chi connectivity index (χ1v) is 6.26. The smallest absolute Gasteiger partial charge is 0.387 e. The number of carbonyl (C=O) groups is 1. The fourth-order valence-electron chi connectivity index (χ4n) is 1.66. The Hall–Kier alpha value is -1.34. The quantitative estimate of drug-likeness (QED) is 0.881. The Bertz CT molecular complexity index is 444. The summed E-state index contributed by atoms with van der Waals surface area (Å²) in [5.41, 5.74) is 0.724. The standard InChI is InChI=1S/C11H11F2NO3S/c12-11(13)17-7-3-1-2-6(4-7)9-14-8(5-18-9)10(15)16/h1-4,8-9,11,14H,5H2,(H,15,16)/t8-,9-/m1/s1. The molecule has 0 amide bonds. The summed E-state index contributed by atoms with van der Waals surface area (Å²) in [5.74, 6) is -0.395. The number of carboxylic acid groups (broad SMARTS) is 1. The van der Waals surface area contributed by atoms with Crippen LogP contribution in [0, 0.1) is 0 Å². The van der Waals surface area contributed by atoms with Gasteiger partial charge in [-0.25, -0.2) is 0 Å². The lowest BCUT2D eigenvalue weighted by molar-refractivity contribution is -0.138. The first-order chi connectivity index (χ1) is 8.56. The molecule has 0 spiro atoms. The maximum atomic E-state index is 12.1. The molecule has 2 rings (SSSR count). The minimum absolute atomic E-state index is 0.0728. The predicted octanol–water partition coefficient (Wildman–Crippen LogP) is 2.08. The van der Waals surface area contributed by atoms with Crippen LogP contribution in [0.3, 0.4) is 0 Å². The maximum absolute atomic E-state index is 12.1. The van der Waals surface area contributed by atoms with Crippen LogP contribution in [0.4, 0.5) is 8.78 Å². The van der Waals surface area contributed by atoms with Crippen LogP contribution >= 0.6 is 11.8 Å². The molecule has 1 heterocycles. The second-order valence-electron chi connectivity index (χ2n) is 3.72. The molecule has 18 heavy (non-hydrogen) atoms. The highest BCUT2D eigenvalue weighted by Gasteiger charge is 2.30. The van der Waals surface area contributed by atoms with Crippen molar-refractivity contribution in [2.45, 2.75) is 18.0 Å². The Kier molecular flexibility index (Phi) is 4.03. The summed E-state index contributed by atoms with van der Waals surface area (Å²) in [6.45, 7) is -2.86. The summed E-state index contributed by atoms with van der Waals surface area (Å²) in [4.78, 5) is 10.8. The summed E-state index contributed by atoms with van der Waals surface area (Å²) < 4.78 is 28.5. The number of halogens is 2. The topological polar surface area (TPSA) is 58.6 Å². The number of ether oxygens (including phenoxy) is 1. The SMILES string of the molecule is O=C(O)[C@H]1CS[C@H](c2cccc(OC(F)F)c2)N1. The van der Waals surface area contributed by atoms with E-state index < -0.39 is 18.6 Å². The van der Waals surface area contributed by atoms with Gasteiger partial charge in [0.1, 0.15) is 11.8 Å². The van der Waals surface area contributed by atoms with Gasteiger partial charge >= 0.3 is 12.6 Å². The Morgan fingerprint density at radius 1 is 1.56 bits per heavy atom. The van der Waals surface area contributed by atoms with Gasteiger partial charge in [-0.15, -0.1) is 11.8 Å². The lowest BCUT2D eigenvalue weighted by Crippen LogP contribution is -2.33. The Morgan fingerprint density at radius 3 is 2.94 bits per heavy atom. The second kappa shape index (κ2) is 5.53. The van der Waals surface area contributed by atoms with Gasteiger partial charge in [-0.2, -0.15) is 8.78 Å². The minimum Gasteiger partial charge on any atom is -0.480 e. The Balaban J connectivity index is 2.07. The van der Waals surface area contributed by atoms with Crippen molar-refractivity contribution in [1.29, 1.82) is 0 Å². The fourth-order valence-corrected chi connectivity index (χ4v) is 2.88. The average Bonchev–Trinajstić information content (AvgIpc) is 2.77. The van der Waals surface area contributed by atoms with Crippen molar-refractivity contribution in [1.82, 2.24) is 5.32 Å². The predicted molar refractivity (Wildman–Crippen MR) is 62.8 cm³/mol. The van der Waals surface area contributed by atoms with Crippen molar-refractivity contribution in [2.75, 3.05) is 5.75 Å². The van der Waals surface area contributed by atoms with Crippen LogP contribution in [0.1, 0.15) is 10.9 Å². The lowest BCUT2D eigenvalue weighted by Gasteiger charge is -2.12. The molecule has 0 bridgehead atoms. The number of nitrogens with one attached hydrogen (secondary N) is 1. The van der Waals surface area contributed by atoms with Crippen LogP contribution in [0.5, 0.6) is 5.75 Å². The highest BCUT2D eigenvalue weighted by molar-refractivity contribution is 7.99. The molecule has 4 nitrogen and oxygen atoms in total. The Labute approximate surface area is 106 Å². The van der Waals surface area contributed by atoms with Gasteiger partial charge in [-0.1, -0.05) is 12.1 Å². The van der Waals surface area contributed by atoms with Crippen molar-refractivity contribution < 1.29 is 23.4 Å². The van der Waals surface area contributed by atoms with E-state index in [1.165, 1.54) is 23.9 Å². The number of carboxylic acids is 1. The van der Waals surface area contributed by atoms with Crippen LogP contribution in [0.15, 0.2) is 24.3 Å². The molecule has 2 N–H and O–H groups in total. The number of alkyl halides is 2. The number of hydrogen-bond donors (Lipinski definition) is 2. The van der Waals surface area contributed by atoms with Crippen LogP contribution in [0.2, 0.25) is 0 Å². The van der Waals surface area contributed by atoms with Gasteiger partial charge in [0.15, 0.2) is 0 Å². The molecule has 1 aromatic carbocycles. The van der Waals surface area contributed by atoms with Crippen LogP contribution in [-0.4, -0.2) is 29.5 Å². The van der Waals surface area contributed by atoms with Crippen LogP contribution in [0.25, 0.3) is 0 Å². The maximum Gasteiger partial charge on any atom is 0.387 e. The van der Waals surface area contributed by atoms with E-state index in [4.69, 9.17) is 5.11 Å². The third kappa shape index (κ3) is 3.11. The third-order valence-electron chi connectivity index (χ3n) is 2.47. The molecule has 1 saturated heterocycles. The van der Waals surface area contributed by atoms with Crippen LogP contribution in [-0.2, 0) is 4.79 Å². The van der Waals surface area contributed by atoms with Gasteiger partial charge < -0.3 is 9.84 Å². The summed E-state index contributed by atoms with van der Waals surface area (Å²) in [5, 5.41) is 11.5. The molecule has 1 aliphatic rings. The zero-order valence-electron chi connectivity index (χ0n) is 9.18. The van der Waals surface area contributed by atoms with Gasteiger partial charge in [-0.05, 0) is 17.7 Å². The summed E-state index contributed by atoms with van der Waals surface area (Å²) >= 11 is 1.42. The molecule has 0 saturated carbocycles. The molecular weight excluding hydrogens is 264 g/mol. The number of rotatable bonds is 4. The van der Waals surface area contributed by atoms with Crippen molar-refractivity contribution in [3.8, 4) is 5.75 Å². The molecule has 1 aliphatic heterocycles. The van der Waals surface area contributed by atoms with Crippen molar-refractivity contribution >= 4 is 17.7 Å². The van der Waals surface area contributed by atoms with Crippen LogP contribution < -0.4 is 10.1 Å². The van der Waals surface area contributed by atoms with E-state index in [1.54, 1.807) is 12.1 Å². The first kappa shape index (κ1) is 13.1. The molecule has 98 valence electrons. The number of benzene rings is 1. The normalized spacial score (nSPS) is 23.3. The first-order valence-electron chi connectivity index (χ1n) is 5.21. The van der Waals surface area contributed by atoms with Crippen molar-refractivity contribution in [3.63, 3.8) is 0 Å². The molecule has 0 unspecified atom stereocenters. The van der Waals surface area contributed by atoms with Gasteiger partial charge in [0.2, 0.25) is 0 Å². The van der Waals surface area contributed by atoms with E-state index in [-0.39, 0.29) is 11.1 Å². The summed E-state index contributed by atoms with van der Waals surface area (Å²) in [6, 6.07) is 5.65. The summed E-state index contributed by atoms with van der Waals surface area (Å²) in [7, 11) is 0. The van der Waals surface area contributed by atoms with E-state index in [9.17, 15) is 13.6 Å². The van der Waals surface area contributed by atoms with Crippen molar-refractivity contribution in [2.24, 2.45) is 0 Å². The van der Waals surface area contributed by atoms with E-state index in [0.717, 1.165) is 5.56 Å². The monoisotopic (exact) mass is 275 g/mol. The third-order valence-corrected chi connectivity index (χ3v) is 3.73. The molecule has 0 aromatic heterocycles. The minimum atomic E-state index is -2.86. The van der Waals surface area contributed by atoms with Crippen molar-refractivity contribution in [3.05, 3.63) is 29.8 Å². The van der Waals surface area contributed by atoms with Gasteiger partial charge in [0, 0.05) is 5.75 Å². The highest BCUT2D eigenvalue weighted by atomic mass is 32.2. The zero-order valence-corrected chi connectivity index (χ0v) is 9.99. The molecule has 1 aromatic rings. The average molecular weight is 275 g/mol. The lowest BCUT2D eigenvalue weighted by atomic mass is 10.2. The molecule has 7 heteroatoms. The fraction of sp³-hybridized carbons (Fsp3) is 0.364. The van der Waals surface area contributed by atoms with E-state index in [0.29, 0.717) is 5.75 Å². The zero-order chi connectivity index (χ0) is 13.1. The summed E-state index contributed by atoms with van der Waals surface area (Å²) in [6.07, 6.45) is 0. The van der Waals surface area contributed by atoms with E-state index >= 15 is 0 Å². The van der Waals surface area contributed by atoms with E-state index in [1.807, 2.05) is 0 Å². The second-order valence-corrected chi connectivity index (χ2v) is 4.86. The molecule has 1 fully saturated rings. The van der Waals surface area contributed by atoms with Gasteiger partial charge in [-0.3, -0.25) is 10.1 Å². The molecular formula is C11H11F2NO3S. The number of hydrogen-bond acceptors (Lipinski definition) is 4. The van der Waals surface area contributed by atoms with E-state index in [2.05, 4.69) is 10.1 Å². The molecule has 2 atom stereocenters. The number of aliphatic carboxylic acids is 1. The molecule has 0 aliphatic carbocycles. The van der Waals surface area contributed by atoms with Gasteiger partial charge in [0.25, 0.3) is 0 Å². The largest absolute Gasteiger partial charge is 0.480 e. The van der Waals surface area contributed by atoms with Gasteiger partial charge in [0.05, 0.1) is 5.37 Å². The molecule has 0 radical (unpaired) electrons.